The van der Waals surface area contributed by atoms with Crippen LogP contribution in [0.4, 0.5) is 0 Å². The Kier molecular flexibility index (Phi) is 5.38. The Morgan fingerprint density at radius 3 is 2.50 bits per heavy atom. The molecule has 82 valence electrons. The highest BCUT2D eigenvalue weighted by Crippen LogP contribution is 2.40. The van der Waals surface area contributed by atoms with Crippen molar-refractivity contribution in [3.05, 3.63) is 0 Å². The Morgan fingerprint density at radius 1 is 1.50 bits per heavy atom. The Balaban J connectivity index is 4.15. The molecule has 0 spiro atoms. The van der Waals surface area contributed by atoms with Gasteiger partial charge in [0, 0.05) is 19.9 Å². The third kappa shape index (κ3) is 6.17. The summed E-state index contributed by atoms with van der Waals surface area (Å²) in [5.74, 6) is 1.68. The second-order valence-corrected chi connectivity index (χ2v) is 7.25. The molecule has 0 aliphatic carbocycles. The Morgan fingerprint density at radius 2 is 2.07 bits per heavy atom. The second kappa shape index (κ2) is 5.52. The quantitative estimate of drug-likeness (QED) is 0.384. The average molecular weight is 240 g/mol. The molecular formula is C7H13O5PS. The van der Waals surface area contributed by atoms with Gasteiger partial charge in [-0.15, -0.1) is 6.42 Å². The van der Waals surface area contributed by atoms with Gasteiger partial charge in [0.15, 0.2) is 0 Å². The van der Waals surface area contributed by atoms with E-state index >= 15 is 0 Å². The van der Waals surface area contributed by atoms with Crippen molar-refractivity contribution in [1.82, 2.24) is 0 Å². The minimum atomic E-state index is -3.68. The summed E-state index contributed by atoms with van der Waals surface area (Å²) in [4.78, 5) is 0. The molecular weight excluding hydrogens is 227 g/mol. The number of terminal acetylenes is 1. The minimum absolute atomic E-state index is 0.0730. The summed E-state index contributed by atoms with van der Waals surface area (Å²) >= 11 is 0. The number of hydrogen-bond acceptors (Lipinski definition) is 5. The summed E-state index contributed by atoms with van der Waals surface area (Å²) in [7, 11) is -5.22. The molecule has 0 saturated heterocycles. The van der Waals surface area contributed by atoms with Gasteiger partial charge in [-0.25, -0.2) is 0 Å². The summed E-state index contributed by atoms with van der Waals surface area (Å²) in [5, 5.41) is 0. The topological polar surface area (TPSA) is 69.7 Å². The first-order valence-corrected chi connectivity index (χ1v) is 7.59. The van der Waals surface area contributed by atoms with Crippen LogP contribution in [0.1, 0.15) is 0 Å². The third-order valence-electron chi connectivity index (χ3n) is 1.46. The Labute approximate surface area is 84.4 Å². The summed E-state index contributed by atoms with van der Waals surface area (Å²) in [5.41, 5.74) is 0. The highest BCUT2D eigenvalue weighted by Gasteiger charge is 2.19. The molecule has 1 atom stereocenters. The van der Waals surface area contributed by atoms with Crippen molar-refractivity contribution in [2.24, 2.45) is 0 Å². The fourth-order valence-corrected chi connectivity index (χ4v) is 3.32. The van der Waals surface area contributed by atoms with Crippen molar-refractivity contribution in [2.45, 2.75) is 0 Å². The summed E-state index contributed by atoms with van der Waals surface area (Å²) in [6, 6.07) is 0. The fourth-order valence-electron chi connectivity index (χ4n) is 0.552. The molecule has 7 heteroatoms. The van der Waals surface area contributed by atoms with Gasteiger partial charge in [-0.05, 0) is 0 Å². The highest BCUT2D eigenvalue weighted by molar-refractivity contribution is 7.87. The lowest BCUT2D eigenvalue weighted by Crippen LogP contribution is -2.14. The van der Waals surface area contributed by atoms with Gasteiger partial charge in [-0.1, -0.05) is 5.92 Å². The van der Waals surface area contributed by atoms with Crippen molar-refractivity contribution in [2.75, 3.05) is 32.3 Å². The zero-order chi connectivity index (χ0) is 11.2. The lowest BCUT2D eigenvalue weighted by atomic mass is 10.8. The average Bonchev–Trinajstić information content (AvgIpc) is 2.12. The van der Waals surface area contributed by atoms with E-state index in [1.807, 2.05) is 5.92 Å². The second-order valence-electron chi connectivity index (χ2n) is 2.65. The standard InChI is InChI=1S/C7H13O5PS/c1-4-5-12-14(9,10)7-6-13(3,8)11-2/h1H,5-7H2,2-3H3. The maximum Gasteiger partial charge on any atom is 0.268 e. The van der Waals surface area contributed by atoms with Gasteiger partial charge in [0.25, 0.3) is 10.1 Å². The zero-order valence-electron chi connectivity index (χ0n) is 8.10. The van der Waals surface area contributed by atoms with Crippen LogP contribution in [-0.2, 0) is 23.4 Å². The van der Waals surface area contributed by atoms with Crippen molar-refractivity contribution < 1.29 is 21.7 Å². The van der Waals surface area contributed by atoms with E-state index in [0.29, 0.717) is 0 Å². The lowest BCUT2D eigenvalue weighted by molar-refractivity contribution is 0.362. The van der Waals surface area contributed by atoms with Gasteiger partial charge in [0.1, 0.15) is 6.61 Å². The molecule has 1 unspecified atom stereocenters. The third-order valence-corrected chi connectivity index (χ3v) is 4.75. The summed E-state index contributed by atoms with van der Waals surface area (Å²) in [6.45, 7) is 1.06. The molecule has 0 bridgehead atoms. The van der Waals surface area contributed by atoms with Gasteiger partial charge < -0.3 is 4.52 Å². The molecule has 0 aliphatic rings. The van der Waals surface area contributed by atoms with Gasteiger partial charge in [0.2, 0.25) is 7.37 Å². The molecule has 14 heavy (non-hydrogen) atoms. The van der Waals surface area contributed by atoms with E-state index < -0.39 is 17.5 Å². The van der Waals surface area contributed by atoms with Crippen molar-refractivity contribution in [3.8, 4) is 12.3 Å². The minimum Gasteiger partial charge on any atom is -0.332 e. The van der Waals surface area contributed by atoms with E-state index in [9.17, 15) is 13.0 Å². The Bertz CT molecular complexity index is 353. The van der Waals surface area contributed by atoms with E-state index in [0.717, 1.165) is 0 Å². The molecule has 0 amide bonds. The lowest BCUT2D eigenvalue weighted by Gasteiger charge is -2.09. The molecule has 0 saturated carbocycles. The van der Waals surface area contributed by atoms with E-state index in [2.05, 4.69) is 8.71 Å². The van der Waals surface area contributed by atoms with Gasteiger partial charge in [-0.3, -0.25) is 8.75 Å². The van der Waals surface area contributed by atoms with E-state index in [-0.39, 0.29) is 18.5 Å². The van der Waals surface area contributed by atoms with Gasteiger partial charge in [0.05, 0.1) is 5.75 Å². The predicted molar refractivity (Wildman–Crippen MR) is 54.0 cm³/mol. The van der Waals surface area contributed by atoms with Crippen molar-refractivity contribution in [1.29, 1.82) is 0 Å². The molecule has 0 aromatic carbocycles. The van der Waals surface area contributed by atoms with Crippen LogP contribution in [0.3, 0.4) is 0 Å². The molecule has 0 radical (unpaired) electrons. The van der Waals surface area contributed by atoms with Crippen LogP contribution < -0.4 is 0 Å². The number of rotatable bonds is 6. The van der Waals surface area contributed by atoms with Crippen LogP contribution in [0.2, 0.25) is 0 Å². The zero-order valence-corrected chi connectivity index (χ0v) is 9.81. The van der Waals surface area contributed by atoms with Crippen LogP contribution in [0.25, 0.3) is 0 Å². The monoisotopic (exact) mass is 240 g/mol. The van der Waals surface area contributed by atoms with Crippen molar-refractivity contribution in [3.63, 3.8) is 0 Å². The first-order chi connectivity index (χ1) is 6.33. The highest BCUT2D eigenvalue weighted by atomic mass is 32.2. The molecule has 0 rings (SSSR count). The van der Waals surface area contributed by atoms with Gasteiger partial charge in [-0.2, -0.15) is 8.42 Å². The fraction of sp³-hybridized carbons (Fsp3) is 0.714. The van der Waals surface area contributed by atoms with Crippen LogP contribution in [0.15, 0.2) is 0 Å². The summed E-state index contributed by atoms with van der Waals surface area (Å²) in [6.07, 6.45) is 4.75. The molecule has 5 nitrogen and oxygen atoms in total. The maximum atomic E-state index is 11.3. The van der Waals surface area contributed by atoms with E-state index in [1.165, 1.54) is 13.8 Å². The predicted octanol–water partition coefficient (Wildman–Crippen LogP) is 0.520. The first kappa shape index (κ1) is 13.7. The molecule has 0 aromatic rings. The van der Waals surface area contributed by atoms with E-state index in [1.54, 1.807) is 0 Å². The number of hydrogen-bond donors (Lipinski definition) is 0. The molecule has 0 aromatic heterocycles. The van der Waals surface area contributed by atoms with Gasteiger partial charge >= 0.3 is 0 Å². The normalized spacial score (nSPS) is 15.8. The SMILES string of the molecule is C#CCOS(=O)(=O)CCP(C)(=O)OC. The summed E-state index contributed by atoms with van der Waals surface area (Å²) < 4.78 is 42.4. The van der Waals surface area contributed by atoms with Crippen molar-refractivity contribution >= 4 is 17.5 Å². The Hall–Kier alpha value is -0.340. The largest absolute Gasteiger partial charge is 0.332 e. The molecule has 0 fully saturated rings. The maximum absolute atomic E-state index is 11.3. The van der Waals surface area contributed by atoms with Crippen LogP contribution in [0, 0.1) is 12.3 Å². The molecule has 0 heterocycles. The van der Waals surface area contributed by atoms with E-state index in [4.69, 9.17) is 6.42 Å². The molecule has 0 aliphatic heterocycles. The molecule has 0 N–H and O–H groups in total. The van der Waals surface area contributed by atoms with Crippen LogP contribution in [0.5, 0.6) is 0 Å². The smallest absolute Gasteiger partial charge is 0.268 e. The van der Waals surface area contributed by atoms with Crippen LogP contribution >= 0.6 is 7.37 Å². The first-order valence-electron chi connectivity index (χ1n) is 3.76. The van der Waals surface area contributed by atoms with Crippen LogP contribution in [-0.4, -0.2) is 40.7 Å².